The lowest BCUT2D eigenvalue weighted by Gasteiger charge is -2.16. The first-order valence-corrected chi connectivity index (χ1v) is 6.41. The Morgan fingerprint density at radius 1 is 1.10 bits per heavy atom. The minimum atomic E-state index is 0.210. The molecule has 0 unspecified atom stereocenters. The lowest BCUT2D eigenvalue weighted by Crippen LogP contribution is -2.05. The van der Waals surface area contributed by atoms with Crippen molar-refractivity contribution in [3.05, 3.63) is 30.1 Å². The van der Waals surface area contributed by atoms with Crippen molar-refractivity contribution in [2.45, 2.75) is 19.8 Å². The van der Waals surface area contributed by atoms with E-state index in [4.69, 9.17) is 15.2 Å². The number of nitrogen functional groups attached to an aromatic ring is 1. The molecule has 0 radical (unpaired) electrons. The maximum atomic E-state index is 6.00. The van der Waals surface area contributed by atoms with Gasteiger partial charge in [-0.25, -0.2) is 9.97 Å². The molecular formula is C15H19N3O2. The smallest absolute Gasteiger partial charge is 0.130 e. The van der Waals surface area contributed by atoms with Gasteiger partial charge in [0.15, 0.2) is 0 Å². The van der Waals surface area contributed by atoms with E-state index in [2.05, 4.69) is 23.8 Å². The zero-order chi connectivity index (χ0) is 14.7. The van der Waals surface area contributed by atoms with E-state index in [-0.39, 0.29) is 5.92 Å². The van der Waals surface area contributed by atoms with E-state index >= 15 is 0 Å². The number of hydrogen-bond acceptors (Lipinski definition) is 5. The van der Waals surface area contributed by atoms with E-state index in [9.17, 15) is 0 Å². The number of anilines is 1. The number of rotatable bonds is 4. The highest BCUT2D eigenvalue weighted by Crippen LogP contribution is 2.37. The average molecular weight is 273 g/mol. The summed E-state index contributed by atoms with van der Waals surface area (Å²) in [6.07, 6.45) is 1.47. The van der Waals surface area contributed by atoms with Crippen LogP contribution in [0.3, 0.4) is 0 Å². The Labute approximate surface area is 118 Å². The van der Waals surface area contributed by atoms with Crippen molar-refractivity contribution in [2.24, 2.45) is 0 Å². The minimum absolute atomic E-state index is 0.210. The predicted molar refractivity (Wildman–Crippen MR) is 79.1 cm³/mol. The lowest BCUT2D eigenvalue weighted by molar-refractivity contribution is 0.404. The monoisotopic (exact) mass is 273 g/mol. The van der Waals surface area contributed by atoms with Gasteiger partial charge in [-0.3, -0.25) is 0 Å². The van der Waals surface area contributed by atoms with Crippen LogP contribution in [0.25, 0.3) is 11.3 Å². The molecule has 0 fully saturated rings. The molecule has 0 aliphatic heterocycles. The van der Waals surface area contributed by atoms with Gasteiger partial charge in [-0.1, -0.05) is 13.8 Å². The van der Waals surface area contributed by atoms with Crippen LogP contribution in [0.4, 0.5) is 5.82 Å². The third-order valence-corrected chi connectivity index (χ3v) is 3.15. The van der Waals surface area contributed by atoms with Crippen molar-refractivity contribution in [1.82, 2.24) is 9.97 Å². The number of methoxy groups -OCH3 is 2. The molecule has 0 bridgehead atoms. The van der Waals surface area contributed by atoms with Crippen LogP contribution in [0.5, 0.6) is 11.5 Å². The summed E-state index contributed by atoms with van der Waals surface area (Å²) >= 11 is 0. The first-order valence-electron chi connectivity index (χ1n) is 6.41. The van der Waals surface area contributed by atoms with Crippen LogP contribution in [-0.4, -0.2) is 24.2 Å². The molecule has 1 heterocycles. The van der Waals surface area contributed by atoms with Crippen molar-refractivity contribution in [3.63, 3.8) is 0 Å². The molecule has 2 N–H and O–H groups in total. The van der Waals surface area contributed by atoms with Crippen molar-refractivity contribution < 1.29 is 9.47 Å². The third kappa shape index (κ3) is 2.52. The number of hydrogen-bond donors (Lipinski definition) is 1. The van der Waals surface area contributed by atoms with Crippen molar-refractivity contribution in [3.8, 4) is 22.8 Å². The van der Waals surface area contributed by atoms with Crippen LogP contribution in [0.2, 0.25) is 0 Å². The zero-order valence-corrected chi connectivity index (χ0v) is 12.2. The predicted octanol–water partition coefficient (Wildman–Crippen LogP) is 2.87. The second kappa shape index (κ2) is 5.77. The molecule has 2 rings (SSSR count). The van der Waals surface area contributed by atoms with Crippen LogP contribution < -0.4 is 15.2 Å². The highest BCUT2D eigenvalue weighted by molar-refractivity contribution is 5.74. The van der Waals surface area contributed by atoms with Gasteiger partial charge >= 0.3 is 0 Å². The molecule has 0 aliphatic rings. The number of nitrogens with zero attached hydrogens (tertiary/aromatic N) is 2. The van der Waals surface area contributed by atoms with Gasteiger partial charge in [-0.15, -0.1) is 0 Å². The largest absolute Gasteiger partial charge is 0.497 e. The number of benzene rings is 1. The zero-order valence-electron chi connectivity index (χ0n) is 12.2. The van der Waals surface area contributed by atoms with E-state index < -0.39 is 0 Å². The Morgan fingerprint density at radius 3 is 2.45 bits per heavy atom. The highest BCUT2D eigenvalue weighted by Gasteiger charge is 2.18. The topological polar surface area (TPSA) is 70.3 Å². The Hall–Kier alpha value is -2.30. The summed E-state index contributed by atoms with van der Waals surface area (Å²) in [4.78, 5) is 8.47. The van der Waals surface area contributed by atoms with Crippen LogP contribution >= 0.6 is 0 Å². The first-order chi connectivity index (χ1) is 9.58. The third-order valence-electron chi connectivity index (χ3n) is 3.15. The summed E-state index contributed by atoms with van der Waals surface area (Å²) in [6.45, 7) is 4.12. The Morgan fingerprint density at radius 2 is 1.85 bits per heavy atom. The van der Waals surface area contributed by atoms with Gasteiger partial charge in [0.25, 0.3) is 0 Å². The Kier molecular flexibility index (Phi) is 4.08. The molecule has 5 heteroatoms. The maximum Gasteiger partial charge on any atom is 0.130 e. The van der Waals surface area contributed by atoms with Gasteiger partial charge in [0, 0.05) is 11.1 Å². The van der Waals surface area contributed by atoms with Crippen LogP contribution in [0.1, 0.15) is 25.3 Å². The van der Waals surface area contributed by atoms with E-state index in [0.29, 0.717) is 5.82 Å². The normalized spacial score (nSPS) is 10.7. The second-order valence-electron chi connectivity index (χ2n) is 4.74. The fourth-order valence-electron chi connectivity index (χ4n) is 2.19. The molecule has 0 atom stereocenters. The summed E-state index contributed by atoms with van der Waals surface area (Å²) in [5, 5.41) is 0. The number of aromatic nitrogens is 2. The Bertz CT molecular complexity index is 612. The second-order valence-corrected chi connectivity index (χ2v) is 4.74. The molecule has 5 nitrogen and oxygen atoms in total. The fraction of sp³-hybridized carbons (Fsp3) is 0.333. The van der Waals surface area contributed by atoms with Crippen LogP contribution in [0, 0.1) is 0 Å². The number of ether oxygens (including phenoxy) is 2. The minimum Gasteiger partial charge on any atom is -0.497 e. The van der Waals surface area contributed by atoms with Gasteiger partial charge in [-0.2, -0.15) is 0 Å². The molecule has 0 amide bonds. The molecule has 1 aromatic carbocycles. The molecule has 0 spiro atoms. The summed E-state index contributed by atoms with van der Waals surface area (Å²) in [7, 11) is 3.26. The lowest BCUT2D eigenvalue weighted by atomic mass is 9.97. The van der Waals surface area contributed by atoms with Crippen molar-refractivity contribution in [1.29, 1.82) is 0 Å². The molecule has 0 saturated carbocycles. The average Bonchev–Trinajstić information content (AvgIpc) is 2.45. The van der Waals surface area contributed by atoms with Gasteiger partial charge < -0.3 is 15.2 Å². The summed E-state index contributed by atoms with van der Waals surface area (Å²) in [5.74, 6) is 2.18. The van der Waals surface area contributed by atoms with E-state index in [1.54, 1.807) is 14.2 Å². The fourth-order valence-corrected chi connectivity index (χ4v) is 2.19. The van der Waals surface area contributed by atoms with Crippen LogP contribution in [-0.2, 0) is 0 Å². The SMILES string of the molecule is COc1ccc(OC)c(-c2ncnc(N)c2C(C)C)c1. The van der Waals surface area contributed by atoms with E-state index in [1.807, 2.05) is 18.2 Å². The number of nitrogens with two attached hydrogens (primary N) is 1. The Balaban J connectivity index is 2.70. The molecule has 0 aliphatic carbocycles. The summed E-state index contributed by atoms with van der Waals surface area (Å²) < 4.78 is 10.7. The van der Waals surface area contributed by atoms with Gasteiger partial charge in [-0.05, 0) is 24.1 Å². The van der Waals surface area contributed by atoms with Crippen molar-refractivity contribution >= 4 is 5.82 Å². The summed E-state index contributed by atoms with van der Waals surface area (Å²) in [6, 6.07) is 5.60. The van der Waals surface area contributed by atoms with Crippen molar-refractivity contribution in [2.75, 3.05) is 20.0 Å². The molecule has 0 saturated heterocycles. The van der Waals surface area contributed by atoms with Gasteiger partial charge in [0.2, 0.25) is 0 Å². The van der Waals surface area contributed by atoms with E-state index in [0.717, 1.165) is 28.3 Å². The quantitative estimate of drug-likeness (QED) is 0.927. The molecule has 106 valence electrons. The molecule has 20 heavy (non-hydrogen) atoms. The standard InChI is InChI=1S/C15H19N3O2/c1-9(2)13-14(17-8-18-15(13)16)11-7-10(19-3)5-6-12(11)20-4/h5-9H,1-4H3,(H2,16,17,18). The maximum absolute atomic E-state index is 6.00. The van der Waals surface area contributed by atoms with Gasteiger partial charge in [0.1, 0.15) is 23.6 Å². The highest BCUT2D eigenvalue weighted by atomic mass is 16.5. The van der Waals surface area contributed by atoms with Crippen LogP contribution in [0.15, 0.2) is 24.5 Å². The van der Waals surface area contributed by atoms with E-state index in [1.165, 1.54) is 6.33 Å². The summed E-state index contributed by atoms with van der Waals surface area (Å²) in [5.41, 5.74) is 8.55. The first kappa shape index (κ1) is 14.1. The van der Waals surface area contributed by atoms with Gasteiger partial charge in [0.05, 0.1) is 19.9 Å². The molecule has 2 aromatic rings. The molecular weight excluding hydrogens is 254 g/mol. The molecule has 1 aromatic heterocycles.